The molecular weight excluding hydrogens is 246 g/mol. The number of aromatic nitrogens is 1. The van der Waals surface area contributed by atoms with Crippen molar-refractivity contribution < 1.29 is 0 Å². The molecule has 0 bridgehead atoms. The van der Waals surface area contributed by atoms with Crippen molar-refractivity contribution in [3.05, 3.63) is 53.7 Å². The molecule has 0 amide bonds. The summed E-state index contributed by atoms with van der Waals surface area (Å²) in [6.45, 7) is 7.25. The molecule has 0 unspecified atom stereocenters. The number of benzene rings is 1. The lowest BCUT2D eigenvalue weighted by Gasteiger charge is -2.19. The van der Waals surface area contributed by atoms with E-state index in [2.05, 4.69) is 72.4 Å². The second kappa shape index (κ2) is 6.53. The summed E-state index contributed by atoms with van der Waals surface area (Å²) in [5.41, 5.74) is 3.63. The summed E-state index contributed by atoms with van der Waals surface area (Å²) in [6, 6.07) is 13.2. The molecule has 2 rings (SSSR count). The van der Waals surface area contributed by atoms with Gasteiger partial charge in [-0.2, -0.15) is 0 Å². The van der Waals surface area contributed by atoms with E-state index >= 15 is 0 Å². The summed E-state index contributed by atoms with van der Waals surface area (Å²) < 4.78 is 0. The maximum absolute atomic E-state index is 4.54. The monoisotopic (exact) mass is 269 g/mol. The first kappa shape index (κ1) is 14.5. The second-order valence-corrected chi connectivity index (χ2v) is 5.45. The molecule has 0 radical (unpaired) electrons. The highest BCUT2D eigenvalue weighted by molar-refractivity contribution is 5.59. The van der Waals surface area contributed by atoms with Gasteiger partial charge in [0.25, 0.3) is 0 Å². The Balaban J connectivity index is 2.07. The number of aryl methyl sites for hydroxylation is 1. The first-order valence-electron chi connectivity index (χ1n) is 7.05. The predicted molar refractivity (Wildman–Crippen MR) is 85.5 cm³/mol. The van der Waals surface area contributed by atoms with E-state index in [1.54, 1.807) is 0 Å². The van der Waals surface area contributed by atoms with Gasteiger partial charge in [0.1, 0.15) is 5.82 Å². The number of nitrogens with one attached hydrogen (secondary N) is 1. The first-order valence-corrected chi connectivity index (χ1v) is 7.05. The molecule has 20 heavy (non-hydrogen) atoms. The van der Waals surface area contributed by atoms with E-state index in [1.807, 2.05) is 13.2 Å². The molecular formula is C17H23N3. The zero-order valence-electron chi connectivity index (χ0n) is 12.7. The molecule has 3 nitrogen and oxygen atoms in total. The average molecular weight is 269 g/mol. The largest absolute Gasteiger partial charge is 0.329 e. The summed E-state index contributed by atoms with van der Waals surface area (Å²) in [6.07, 6.45) is 1.94. The average Bonchev–Trinajstić information content (AvgIpc) is 2.46. The summed E-state index contributed by atoms with van der Waals surface area (Å²) in [4.78, 5) is 6.64. The summed E-state index contributed by atoms with van der Waals surface area (Å²) in [5, 5.41) is 3.39. The Morgan fingerprint density at radius 3 is 2.35 bits per heavy atom. The molecule has 0 aliphatic carbocycles. The van der Waals surface area contributed by atoms with Crippen molar-refractivity contribution in [2.24, 2.45) is 0 Å². The third-order valence-electron chi connectivity index (χ3n) is 3.29. The smallest absolute Gasteiger partial charge is 0.132 e. The minimum atomic E-state index is 0.491. The van der Waals surface area contributed by atoms with E-state index in [0.717, 1.165) is 18.1 Å². The third-order valence-corrected chi connectivity index (χ3v) is 3.29. The van der Waals surface area contributed by atoms with Crippen LogP contribution in [0.5, 0.6) is 0 Å². The van der Waals surface area contributed by atoms with Crippen LogP contribution in [0.1, 0.15) is 25.0 Å². The summed E-state index contributed by atoms with van der Waals surface area (Å²) >= 11 is 0. The van der Waals surface area contributed by atoms with E-state index in [0.29, 0.717) is 6.04 Å². The van der Waals surface area contributed by atoms with Crippen LogP contribution in [-0.2, 0) is 6.54 Å². The van der Waals surface area contributed by atoms with Crippen LogP contribution in [0, 0.1) is 6.92 Å². The Kier molecular flexibility index (Phi) is 4.74. The third kappa shape index (κ3) is 3.81. The van der Waals surface area contributed by atoms with Crippen LogP contribution in [-0.4, -0.2) is 18.1 Å². The molecule has 1 N–H and O–H groups in total. The molecule has 3 heteroatoms. The Hall–Kier alpha value is -1.87. The molecule has 0 aliphatic rings. The second-order valence-electron chi connectivity index (χ2n) is 5.45. The number of hydrogen-bond donors (Lipinski definition) is 1. The number of anilines is 2. The van der Waals surface area contributed by atoms with Crippen LogP contribution in [0.15, 0.2) is 42.6 Å². The van der Waals surface area contributed by atoms with Crippen LogP contribution in [0.25, 0.3) is 0 Å². The van der Waals surface area contributed by atoms with Gasteiger partial charge in [-0.1, -0.05) is 37.6 Å². The van der Waals surface area contributed by atoms with Gasteiger partial charge in [-0.05, 0) is 30.7 Å². The fourth-order valence-corrected chi connectivity index (χ4v) is 1.94. The summed E-state index contributed by atoms with van der Waals surface area (Å²) in [5.74, 6) is 0.960. The maximum Gasteiger partial charge on any atom is 0.132 e. The van der Waals surface area contributed by atoms with Gasteiger partial charge in [-0.25, -0.2) is 4.98 Å². The lowest BCUT2D eigenvalue weighted by Crippen LogP contribution is -2.22. The van der Waals surface area contributed by atoms with Gasteiger partial charge in [0.15, 0.2) is 0 Å². The van der Waals surface area contributed by atoms with Crippen molar-refractivity contribution in [3.8, 4) is 0 Å². The lowest BCUT2D eigenvalue weighted by atomic mass is 10.2. The van der Waals surface area contributed by atoms with Crippen molar-refractivity contribution in [1.82, 2.24) is 10.3 Å². The lowest BCUT2D eigenvalue weighted by molar-refractivity contribution is 0.588. The molecule has 1 heterocycles. The van der Waals surface area contributed by atoms with Crippen molar-refractivity contribution in [2.75, 3.05) is 11.9 Å². The maximum atomic E-state index is 4.54. The minimum Gasteiger partial charge on any atom is -0.329 e. The zero-order valence-corrected chi connectivity index (χ0v) is 12.7. The van der Waals surface area contributed by atoms with Crippen molar-refractivity contribution in [1.29, 1.82) is 0 Å². The molecule has 0 spiro atoms. The fraction of sp³-hybridized carbons (Fsp3) is 0.353. The molecule has 1 aromatic heterocycles. The van der Waals surface area contributed by atoms with Crippen LogP contribution >= 0.6 is 0 Å². The fourth-order valence-electron chi connectivity index (χ4n) is 1.94. The molecule has 1 aromatic carbocycles. The van der Waals surface area contributed by atoms with E-state index in [9.17, 15) is 0 Å². The molecule has 106 valence electrons. The molecule has 0 atom stereocenters. The standard InChI is InChI=1S/C17H23N3/c1-13(2)18-11-15-7-10-17(19-12-15)20(4)16-8-5-14(3)6-9-16/h5-10,12-13,18H,11H2,1-4H3. The normalized spacial score (nSPS) is 10.8. The van der Waals surface area contributed by atoms with Gasteiger partial charge in [-0.3, -0.25) is 0 Å². The number of hydrogen-bond acceptors (Lipinski definition) is 3. The SMILES string of the molecule is Cc1ccc(N(C)c2ccc(CNC(C)C)cn2)cc1. The molecule has 0 fully saturated rings. The summed E-state index contributed by atoms with van der Waals surface area (Å²) in [7, 11) is 2.04. The first-order chi connectivity index (χ1) is 9.56. The van der Waals surface area contributed by atoms with Gasteiger partial charge in [0.05, 0.1) is 0 Å². The molecule has 2 aromatic rings. The molecule has 0 saturated carbocycles. The Labute approximate surface area is 121 Å². The highest BCUT2D eigenvalue weighted by Gasteiger charge is 2.05. The number of rotatable bonds is 5. The van der Waals surface area contributed by atoms with Gasteiger partial charge in [0, 0.05) is 31.5 Å². The Morgan fingerprint density at radius 1 is 1.10 bits per heavy atom. The predicted octanol–water partition coefficient (Wildman–Crippen LogP) is 3.66. The Morgan fingerprint density at radius 2 is 1.80 bits per heavy atom. The number of pyridine rings is 1. The number of nitrogens with zero attached hydrogens (tertiary/aromatic N) is 2. The van der Waals surface area contributed by atoms with E-state index in [4.69, 9.17) is 0 Å². The molecule has 0 saturated heterocycles. The zero-order chi connectivity index (χ0) is 14.5. The van der Waals surface area contributed by atoms with E-state index < -0.39 is 0 Å². The highest BCUT2D eigenvalue weighted by Crippen LogP contribution is 2.21. The highest BCUT2D eigenvalue weighted by atomic mass is 15.2. The van der Waals surface area contributed by atoms with Crippen LogP contribution < -0.4 is 10.2 Å². The van der Waals surface area contributed by atoms with Crippen molar-refractivity contribution >= 4 is 11.5 Å². The van der Waals surface area contributed by atoms with E-state index in [-0.39, 0.29) is 0 Å². The topological polar surface area (TPSA) is 28.2 Å². The van der Waals surface area contributed by atoms with E-state index in [1.165, 1.54) is 11.1 Å². The van der Waals surface area contributed by atoms with Crippen molar-refractivity contribution in [2.45, 2.75) is 33.4 Å². The quantitative estimate of drug-likeness (QED) is 0.898. The van der Waals surface area contributed by atoms with Gasteiger partial charge >= 0.3 is 0 Å². The van der Waals surface area contributed by atoms with Gasteiger partial charge in [0.2, 0.25) is 0 Å². The van der Waals surface area contributed by atoms with Crippen LogP contribution in [0.3, 0.4) is 0 Å². The van der Waals surface area contributed by atoms with Crippen LogP contribution in [0.2, 0.25) is 0 Å². The van der Waals surface area contributed by atoms with Crippen molar-refractivity contribution in [3.63, 3.8) is 0 Å². The molecule has 0 aliphatic heterocycles. The van der Waals surface area contributed by atoms with Gasteiger partial charge < -0.3 is 10.2 Å². The van der Waals surface area contributed by atoms with Gasteiger partial charge in [-0.15, -0.1) is 0 Å². The Bertz CT molecular complexity index is 529. The minimum absolute atomic E-state index is 0.491. The van der Waals surface area contributed by atoms with Crippen LogP contribution in [0.4, 0.5) is 11.5 Å².